The Hall–Kier alpha value is -1.20. The fraction of sp³-hybridized carbons (Fsp3) is 0.538. The number of carbonyl (C=O) groups is 2. The lowest BCUT2D eigenvalue weighted by Crippen LogP contribution is -2.43. The van der Waals surface area contributed by atoms with E-state index in [1.165, 1.54) is 11.0 Å². The Kier molecular flexibility index (Phi) is 3.42. The molecule has 1 aliphatic carbocycles. The highest BCUT2D eigenvalue weighted by Gasteiger charge is 2.49. The van der Waals surface area contributed by atoms with E-state index in [2.05, 4.69) is 4.98 Å². The molecule has 5 nitrogen and oxygen atoms in total. The highest BCUT2D eigenvalue weighted by atomic mass is 35.5. The standard InChI is InChI=1S/C13H14Cl2N2O3/c14-8-4-9(16-11(8)15)12(18)17-5-6-2-1-3-7(6)10(17)13(19)20/h4,6-7,10,16H,1-3,5H2,(H,19,20). The SMILES string of the molecule is O=C(O)C1C2CCCC2CN1C(=O)c1cc(Cl)c(Cl)[nH]1. The minimum atomic E-state index is -0.934. The zero-order valence-electron chi connectivity index (χ0n) is 10.6. The maximum absolute atomic E-state index is 12.5. The fourth-order valence-corrected chi connectivity index (χ4v) is 3.82. The zero-order valence-corrected chi connectivity index (χ0v) is 12.1. The van der Waals surface area contributed by atoms with Gasteiger partial charge in [-0.1, -0.05) is 29.6 Å². The Morgan fingerprint density at radius 1 is 1.35 bits per heavy atom. The van der Waals surface area contributed by atoms with Crippen LogP contribution in [0.4, 0.5) is 0 Å². The van der Waals surface area contributed by atoms with Gasteiger partial charge in [-0.05, 0) is 30.7 Å². The second-order valence-electron chi connectivity index (χ2n) is 5.44. The number of carboxylic acid groups (broad SMARTS) is 1. The quantitative estimate of drug-likeness (QED) is 0.881. The van der Waals surface area contributed by atoms with Crippen LogP contribution in [0.1, 0.15) is 29.8 Å². The smallest absolute Gasteiger partial charge is 0.326 e. The van der Waals surface area contributed by atoms with E-state index >= 15 is 0 Å². The number of aromatic amines is 1. The molecular weight excluding hydrogens is 303 g/mol. The molecule has 1 aliphatic heterocycles. The highest BCUT2D eigenvalue weighted by molar-refractivity contribution is 6.41. The van der Waals surface area contributed by atoms with Crippen molar-refractivity contribution < 1.29 is 14.7 Å². The molecule has 1 saturated heterocycles. The van der Waals surface area contributed by atoms with Gasteiger partial charge in [0, 0.05) is 6.54 Å². The molecule has 0 bridgehead atoms. The minimum Gasteiger partial charge on any atom is -0.480 e. The van der Waals surface area contributed by atoms with Gasteiger partial charge in [0.1, 0.15) is 16.9 Å². The number of hydrogen-bond acceptors (Lipinski definition) is 2. The molecule has 0 aromatic carbocycles. The molecule has 2 fully saturated rings. The first-order valence-electron chi connectivity index (χ1n) is 6.57. The predicted octanol–water partition coefficient (Wildman–Crippen LogP) is 2.65. The van der Waals surface area contributed by atoms with Gasteiger partial charge in [-0.3, -0.25) is 4.79 Å². The van der Waals surface area contributed by atoms with Crippen molar-refractivity contribution in [2.45, 2.75) is 25.3 Å². The van der Waals surface area contributed by atoms with Crippen LogP contribution < -0.4 is 0 Å². The molecule has 1 saturated carbocycles. The van der Waals surface area contributed by atoms with E-state index < -0.39 is 12.0 Å². The third-order valence-electron chi connectivity index (χ3n) is 4.36. The van der Waals surface area contributed by atoms with Crippen molar-refractivity contribution in [2.75, 3.05) is 6.54 Å². The molecule has 3 unspecified atom stereocenters. The number of nitrogens with one attached hydrogen (secondary N) is 1. The first-order valence-corrected chi connectivity index (χ1v) is 7.32. The van der Waals surface area contributed by atoms with Gasteiger partial charge in [0.05, 0.1) is 5.02 Å². The predicted molar refractivity (Wildman–Crippen MR) is 74.1 cm³/mol. The van der Waals surface area contributed by atoms with Gasteiger partial charge in [-0.15, -0.1) is 0 Å². The third kappa shape index (κ3) is 2.09. The number of rotatable bonds is 2. The summed E-state index contributed by atoms with van der Waals surface area (Å²) in [4.78, 5) is 28.1. The summed E-state index contributed by atoms with van der Waals surface area (Å²) in [6, 6.07) is 0.704. The van der Waals surface area contributed by atoms with Gasteiger partial charge < -0.3 is 15.0 Å². The lowest BCUT2D eigenvalue weighted by molar-refractivity contribution is -0.142. The first-order chi connectivity index (χ1) is 9.49. The van der Waals surface area contributed by atoms with E-state index in [-0.39, 0.29) is 27.7 Å². The first kappa shape index (κ1) is 13.8. The number of amides is 1. The van der Waals surface area contributed by atoms with Crippen LogP contribution in [-0.2, 0) is 4.79 Å². The van der Waals surface area contributed by atoms with Gasteiger partial charge >= 0.3 is 5.97 Å². The van der Waals surface area contributed by atoms with E-state index in [0.29, 0.717) is 12.5 Å². The summed E-state index contributed by atoms with van der Waals surface area (Å²) >= 11 is 11.6. The molecule has 3 atom stereocenters. The van der Waals surface area contributed by atoms with E-state index in [1.807, 2.05) is 0 Å². The molecule has 2 N–H and O–H groups in total. The van der Waals surface area contributed by atoms with Crippen LogP contribution in [0.25, 0.3) is 0 Å². The van der Waals surface area contributed by atoms with E-state index in [1.54, 1.807) is 0 Å². The van der Waals surface area contributed by atoms with Crippen molar-refractivity contribution in [1.29, 1.82) is 0 Å². The van der Waals surface area contributed by atoms with Crippen LogP contribution in [-0.4, -0.2) is 39.5 Å². The van der Waals surface area contributed by atoms with Crippen molar-refractivity contribution in [1.82, 2.24) is 9.88 Å². The van der Waals surface area contributed by atoms with Crippen LogP contribution in [0.2, 0.25) is 10.2 Å². The minimum absolute atomic E-state index is 0.0670. The Morgan fingerprint density at radius 3 is 2.70 bits per heavy atom. The number of H-pyrrole nitrogens is 1. The van der Waals surface area contributed by atoms with Crippen LogP contribution in [0, 0.1) is 11.8 Å². The third-order valence-corrected chi connectivity index (χ3v) is 5.05. The summed E-state index contributed by atoms with van der Waals surface area (Å²) in [6.45, 7) is 0.495. The van der Waals surface area contributed by atoms with Crippen LogP contribution >= 0.6 is 23.2 Å². The van der Waals surface area contributed by atoms with E-state index in [9.17, 15) is 14.7 Å². The molecular formula is C13H14Cl2N2O3. The van der Waals surface area contributed by atoms with Crippen molar-refractivity contribution in [2.24, 2.45) is 11.8 Å². The normalized spacial score (nSPS) is 28.7. The van der Waals surface area contributed by atoms with Gasteiger partial charge in [-0.2, -0.15) is 0 Å². The molecule has 108 valence electrons. The van der Waals surface area contributed by atoms with Crippen molar-refractivity contribution in [3.8, 4) is 0 Å². The highest BCUT2D eigenvalue weighted by Crippen LogP contribution is 2.42. The Balaban J connectivity index is 1.88. The van der Waals surface area contributed by atoms with Crippen LogP contribution in [0.5, 0.6) is 0 Å². The van der Waals surface area contributed by atoms with Gasteiger partial charge in [0.25, 0.3) is 5.91 Å². The Labute approximate surface area is 125 Å². The number of halogens is 2. The summed E-state index contributed by atoms with van der Waals surface area (Å²) in [7, 11) is 0. The van der Waals surface area contributed by atoms with Crippen molar-refractivity contribution in [3.63, 3.8) is 0 Å². The number of carbonyl (C=O) groups excluding carboxylic acids is 1. The molecule has 2 heterocycles. The van der Waals surface area contributed by atoms with E-state index in [0.717, 1.165) is 19.3 Å². The van der Waals surface area contributed by atoms with Crippen LogP contribution in [0.3, 0.4) is 0 Å². The second-order valence-corrected chi connectivity index (χ2v) is 6.23. The number of aromatic nitrogens is 1. The lowest BCUT2D eigenvalue weighted by atomic mass is 9.94. The molecule has 1 aromatic heterocycles. The molecule has 1 aromatic rings. The molecule has 20 heavy (non-hydrogen) atoms. The topological polar surface area (TPSA) is 73.4 Å². The second kappa shape index (κ2) is 4.97. The molecule has 1 amide bonds. The molecule has 3 rings (SSSR count). The molecule has 0 spiro atoms. The maximum Gasteiger partial charge on any atom is 0.326 e. The lowest BCUT2D eigenvalue weighted by Gasteiger charge is -2.23. The number of fused-ring (bicyclic) bond motifs is 1. The number of hydrogen-bond donors (Lipinski definition) is 2. The zero-order chi connectivity index (χ0) is 14.4. The van der Waals surface area contributed by atoms with Crippen molar-refractivity contribution >= 4 is 35.1 Å². The largest absolute Gasteiger partial charge is 0.480 e. The van der Waals surface area contributed by atoms with Gasteiger partial charge in [-0.25, -0.2) is 4.79 Å². The summed E-state index contributed by atoms with van der Waals surface area (Å²) in [5.74, 6) is -0.921. The van der Waals surface area contributed by atoms with Crippen molar-refractivity contribution in [3.05, 3.63) is 21.9 Å². The summed E-state index contributed by atoms with van der Waals surface area (Å²) in [5.41, 5.74) is 0.242. The number of carboxylic acids is 1. The monoisotopic (exact) mass is 316 g/mol. The average molecular weight is 317 g/mol. The summed E-state index contributed by atoms with van der Waals surface area (Å²) in [5, 5.41) is 9.89. The molecule has 2 aliphatic rings. The van der Waals surface area contributed by atoms with E-state index in [4.69, 9.17) is 23.2 Å². The van der Waals surface area contributed by atoms with Gasteiger partial charge in [0.15, 0.2) is 0 Å². The molecule has 7 heteroatoms. The Morgan fingerprint density at radius 2 is 2.10 bits per heavy atom. The number of aliphatic carboxylic acids is 1. The number of nitrogens with zero attached hydrogens (tertiary/aromatic N) is 1. The maximum atomic E-state index is 12.5. The average Bonchev–Trinajstić information content (AvgIpc) is 3.02. The van der Waals surface area contributed by atoms with Gasteiger partial charge in [0.2, 0.25) is 0 Å². The number of likely N-dealkylation sites (tertiary alicyclic amines) is 1. The summed E-state index contributed by atoms with van der Waals surface area (Å²) in [6.07, 6.45) is 2.91. The Bertz CT molecular complexity index is 552. The van der Waals surface area contributed by atoms with Crippen LogP contribution in [0.15, 0.2) is 6.07 Å². The fourth-order valence-electron chi connectivity index (χ4n) is 3.50. The summed E-state index contributed by atoms with van der Waals surface area (Å²) < 4.78 is 0. The molecule has 0 radical (unpaired) electrons.